The molecule has 2 aromatic carbocycles. The molecule has 0 spiro atoms. The number of nitrogens with zero attached hydrogens (tertiary/aromatic N) is 2. The van der Waals surface area contributed by atoms with Gasteiger partial charge < -0.3 is 24.5 Å². The molecule has 1 fully saturated rings. The van der Waals surface area contributed by atoms with E-state index in [0.717, 1.165) is 36.0 Å². The van der Waals surface area contributed by atoms with Gasteiger partial charge >= 0.3 is 0 Å². The maximum absolute atomic E-state index is 12.7. The van der Waals surface area contributed by atoms with Crippen molar-refractivity contribution in [2.45, 2.75) is 25.3 Å². The zero-order valence-corrected chi connectivity index (χ0v) is 20.7. The Kier molecular flexibility index (Phi) is 6.96. The molecule has 0 bridgehead atoms. The summed E-state index contributed by atoms with van der Waals surface area (Å²) in [7, 11) is 1.71. The van der Waals surface area contributed by atoms with Gasteiger partial charge in [-0.1, -0.05) is 15.9 Å². The van der Waals surface area contributed by atoms with Crippen molar-refractivity contribution in [2.75, 3.05) is 19.0 Å². The summed E-state index contributed by atoms with van der Waals surface area (Å²) in [5.74, 6) is 1.39. The number of fused-ring (bicyclic) bond motifs is 1. The number of nitrogens with one attached hydrogen (secondary N) is 2. The van der Waals surface area contributed by atoms with Crippen LogP contribution in [0.2, 0.25) is 0 Å². The van der Waals surface area contributed by atoms with Crippen molar-refractivity contribution < 1.29 is 18.7 Å². The molecule has 8 nitrogen and oxygen atoms in total. The molecule has 4 aromatic rings. The molecule has 5 rings (SSSR count). The van der Waals surface area contributed by atoms with Crippen molar-refractivity contribution in [1.82, 2.24) is 15.3 Å². The molecule has 9 heteroatoms. The molecule has 35 heavy (non-hydrogen) atoms. The third-order valence-corrected chi connectivity index (χ3v) is 6.46. The average molecular weight is 537 g/mol. The van der Waals surface area contributed by atoms with Gasteiger partial charge in [0.2, 0.25) is 0 Å². The first-order valence-electron chi connectivity index (χ1n) is 11.4. The minimum Gasteiger partial charge on any atom is -0.457 e. The van der Waals surface area contributed by atoms with Gasteiger partial charge in [-0.15, -0.1) is 0 Å². The van der Waals surface area contributed by atoms with E-state index in [4.69, 9.17) is 13.9 Å². The van der Waals surface area contributed by atoms with Crippen LogP contribution in [0.15, 0.2) is 69.7 Å². The maximum atomic E-state index is 12.7. The molecule has 180 valence electrons. The average Bonchev–Trinajstić information content (AvgIpc) is 3.46. The molecule has 2 aromatic heterocycles. The smallest absolute Gasteiger partial charge is 0.300 e. The highest BCUT2D eigenvalue weighted by molar-refractivity contribution is 9.10. The van der Waals surface area contributed by atoms with E-state index in [2.05, 4.69) is 36.5 Å². The molecule has 0 saturated heterocycles. The Balaban J connectivity index is 1.24. The summed E-state index contributed by atoms with van der Waals surface area (Å²) < 4.78 is 18.0. The van der Waals surface area contributed by atoms with Gasteiger partial charge in [0.05, 0.1) is 0 Å². The zero-order valence-electron chi connectivity index (χ0n) is 19.2. The Labute approximate surface area is 211 Å². The predicted octanol–water partition coefficient (Wildman–Crippen LogP) is 6.07. The van der Waals surface area contributed by atoms with Crippen LogP contribution in [-0.2, 0) is 4.74 Å². The summed E-state index contributed by atoms with van der Waals surface area (Å²) in [4.78, 5) is 21.4. The fourth-order valence-corrected chi connectivity index (χ4v) is 4.53. The SMILES string of the molecule is COC[C@@H]1CC[C@H](NC(=O)c2cc(Oc3ccc4oc(Nc5ccc(Br)cc5)nc4c3)ccn2)C1. The first-order valence-corrected chi connectivity index (χ1v) is 12.2. The number of halogens is 1. The summed E-state index contributed by atoms with van der Waals surface area (Å²) >= 11 is 3.42. The van der Waals surface area contributed by atoms with Crippen molar-refractivity contribution in [3.05, 3.63) is 71.0 Å². The summed E-state index contributed by atoms with van der Waals surface area (Å²) in [6.45, 7) is 0.728. The fourth-order valence-electron chi connectivity index (χ4n) is 4.27. The van der Waals surface area contributed by atoms with E-state index in [1.54, 1.807) is 43.6 Å². The van der Waals surface area contributed by atoms with Crippen LogP contribution in [0.1, 0.15) is 29.8 Å². The summed E-state index contributed by atoms with van der Waals surface area (Å²) in [6, 6.07) is 17.0. The molecule has 1 saturated carbocycles. The summed E-state index contributed by atoms with van der Waals surface area (Å²) in [5, 5.41) is 6.23. The molecule has 0 radical (unpaired) electrons. The maximum Gasteiger partial charge on any atom is 0.300 e. The van der Waals surface area contributed by atoms with Crippen LogP contribution in [0.4, 0.5) is 11.7 Å². The number of hydrogen-bond acceptors (Lipinski definition) is 7. The number of anilines is 2. The molecule has 2 N–H and O–H groups in total. The van der Waals surface area contributed by atoms with Gasteiger partial charge in [0, 0.05) is 48.2 Å². The normalized spacial score (nSPS) is 17.4. The summed E-state index contributed by atoms with van der Waals surface area (Å²) in [6.07, 6.45) is 4.50. The van der Waals surface area contributed by atoms with Gasteiger partial charge in [-0.3, -0.25) is 9.78 Å². The molecule has 1 aliphatic rings. The fraction of sp³-hybridized carbons (Fsp3) is 0.269. The number of carbonyl (C=O) groups excluding carboxylic acids is 1. The van der Waals surface area contributed by atoms with Crippen LogP contribution in [0, 0.1) is 5.92 Å². The Morgan fingerprint density at radius 1 is 1.11 bits per heavy atom. The number of benzene rings is 2. The minimum absolute atomic E-state index is 0.142. The van der Waals surface area contributed by atoms with Crippen LogP contribution in [0.5, 0.6) is 11.5 Å². The van der Waals surface area contributed by atoms with E-state index in [-0.39, 0.29) is 11.9 Å². The van der Waals surface area contributed by atoms with Crippen LogP contribution in [0.3, 0.4) is 0 Å². The second kappa shape index (κ2) is 10.5. The van der Waals surface area contributed by atoms with Crippen molar-refractivity contribution in [1.29, 1.82) is 0 Å². The van der Waals surface area contributed by atoms with E-state index in [9.17, 15) is 4.79 Å². The number of oxazole rings is 1. The summed E-state index contributed by atoms with van der Waals surface area (Å²) in [5.41, 5.74) is 2.47. The molecular weight excluding hydrogens is 512 g/mol. The highest BCUT2D eigenvalue weighted by Gasteiger charge is 2.26. The van der Waals surface area contributed by atoms with Gasteiger partial charge in [0.1, 0.15) is 22.7 Å². The molecule has 0 unspecified atom stereocenters. The predicted molar refractivity (Wildman–Crippen MR) is 136 cm³/mol. The Bertz CT molecular complexity index is 1320. The van der Waals surface area contributed by atoms with E-state index in [1.807, 2.05) is 24.3 Å². The second-order valence-electron chi connectivity index (χ2n) is 8.56. The number of pyridine rings is 1. The topological polar surface area (TPSA) is 98.5 Å². The lowest BCUT2D eigenvalue weighted by Crippen LogP contribution is -2.33. The van der Waals surface area contributed by atoms with Crippen molar-refractivity contribution in [2.24, 2.45) is 5.92 Å². The number of methoxy groups -OCH3 is 1. The minimum atomic E-state index is -0.200. The lowest BCUT2D eigenvalue weighted by molar-refractivity contribution is 0.0929. The number of ether oxygens (including phenoxy) is 2. The van der Waals surface area contributed by atoms with Crippen molar-refractivity contribution in [3.63, 3.8) is 0 Å². The van der Waals surface area contributed by atoms with Crippen LogP contribution in [0.25, 0.3) is 11.1 Å². The quantitative estimate of drug-likeness (QED) is 0.282. The van der Waals surface area contributed by atoms with Gasteiger partial charge in [-0.25, -0.2) is 0 Å². The van der Waals surface area contributed by atoms with E-state index in [0.29, 0.717) is 40.2 Å². The Morgan fingerprint density at radius 3 is 2.77 bits per heavy atom. The number of amides is 1. The number of carbonyl (C=O) groups is 1. The van der Waals surface area contributed by atoms with Gasteiger partial charge in [-0.2, -0.15) is 4.98 Å². The largest absolute Gasteiger partial charge is 0.457 e. The van der Waals surface area contributed by atoms with Crippen LogP contribution in [-0.4, -0.2) is 35.6 Å². The molecular formula is C26H25BrN4O4. The molecule has 0 aliphatic heterocycles. The standard InChI is InChI=1S/C26H25BrN4O4/c1-33-15-16-2-5-19(12-16)29-25(32)23-14-21(10-11-28-23)34-20-8-9-24-22(13-20)31-26(35-24)30-18-6-3-17(27)4-7-18/h3-4,6-11,13-14,16,19H,2,5,12,15H2,1H3,(H,29,32)(H,30,31)/t16-,19+/m1/s1. The first-order chi connectivity index (χ1) is 17.1. The molecule has 1 aliphatic carbocycles. The molecule has 2 atom stereocenters. The molecule has 1 amide bonds. The second-order valence-corrected chi connectivity index (χ2v) is 9.48. The Hall–Kier alpha value is -3.43. The zero-order chi connectivity index (χ0) is 24.2. The van der Waals surface area contributed by atoms with Crippen LogP contribution >= 0.6 is 15.9 Å². The first kappa shape index (κ1) is 23.3. The van der Waals surface area contributed by atoms with E-state index >= 15 is 0 Å². The van der Waals surface area contributed by atoms with Gasteiger partial charge in [0.25, 0.3) is 11.9 Å². The lowest BCUT2D eigenvalue weighted by atomic mass is 10.1. The number of rotatable bonds is 8. The van der Waals surface area contributed by atoms with Gasteiger partial charge in [0.15, 0.2) is 5.58 Å². The molecule has 2 heterocycles. The van der Waals surface area contributed by atoms with Crippen molar-refractivity contribution >= 4 is 44.6 Å². The van der Waals surface area contributed by atoms with E-state index in [1.165, 1.54) is 0 Å². The van der Waals surface area contributed by atoms with Crippen molar-refractivity contribution in [3.8, 4) is 11.5 Å². The highest BCUT2D eigenvalue weighted by atomic mass is 79.9. The Morgan fingerprint density at radius 2 is 1.94 bits per heavy atom. The number of aromatic nitrogens is 2. The third kappa shape index (κ3) is 5.80. The third-order valence-electron chi connectivity index (χ3n) is 5.93. The monoisotopic (exact) mass is 536 g/mol. The van der Waals surface area contributed by atoms with Crippen LogP contribution < -0.4 is 15.4 Å². The highest BCUT2D eigenvalue weighted by Crippen LogP contribution is 2.29. The lowest BCUT2D eigenvalue weighted by Gasteiger charge is -2.13. The van der Waals surface area contributed by atoms with Gasteiger partial charge in [-0.05, 0) is 67.6 Å². The number of hydrogen-bond donors (Lipinski definition) is 2. The van der Waals surface area contributed by atoms with E-state index < -0.39 is 0 Å².